The summed E-state index contributed by atoms with van der Waals surface area (Å²) in [4.78, 5) is 17.1. The van der Waals surface area contributed by atoms with Crippen LogP contribution in [0.2, 0.25) is 5.28 Å². The summed E-state index contributed by atoms with van der Waals surface area (Å²) in [5.41, 5.74) is -0.210. The molecule has 0 saturated heterocycles. The molecule has 0 unspecified atom stereocenters. The Kier molecular flexibility index (Phi) is 3.91. The van der Waals surface area contributed by atoms with Gasteiger partial charge in [-0.2, -0.15) is 9.37 Å². The summed E-state index contributed by atoms with van der Waals surface area (Å²) in [5, 5.41) is 10.6. The lowest BCUT2D eigenvalue weighted by atomic mass is 10.3. The van der Waals surface area contributed by atoms with Crippen LogP contribution in [0.15, 0.2) is 28.9 Å². The molecule has 0 aliphatic heterocycles. The van der Waals surface area contributed by atoms with E-state index in [-0.39, 0.29) is 21.2 Å². The van der Waals surface area contributed by atoms with Gasteiger partial charge in [-0.1, -0.05) is 6.07 Å². The zero-order valence-electron chi connectivity index (χ0n) is 9.01. The van der Waals surface area contributed by atoms with Crippen LogP contribution >= 0.6 is 27.5 Å². The second-order valence-corrected chi connectivity index (χ2v) is 4.37. The first-order chi connectivity index (χ1) is 8.99. The molecule has 0 bridgehead atoms. The van der Waals surface area contributed by atoms with Crippen LogP contribution in [0.1, 0.15) is 0 Å². The minimum absolute atomic E-state index is 0.0443. The largest absolute Gasteiger partial charge is 0.435 e. The number of aromatic nitrogens is 2. The van der Waals surface area contributed by atoms with Crippen LogP contribution in [0.3, 0.4) is 0 Å². The van der Waals surface area contributed by atoms with Gasteiger partial charge in [0.1, 0.15) is 4.47 Å². The lowest BCUT2D eigenvalue weighted by Crippen LogP contribution is -1.96. The van der Waals surface area contributed by atoms with Gasteiger partial charge < -0.3 is 4.74 Å². The molecule has 0 atom stereocenters. The molecular formula is C10H4BrClFN3O3. The van der Waals surface area contributed by atoms with Crippen LogP contribution in [0, 0.1) is 15.9 Å². The van der Waals surface area contributed by atoms with E-state index in [1.807, 2.05) is 0 Å². The number of hydrogen-bond donors (Lipinski definition) is 0. The van der Waals surface area contributed by atoms with Crippen molar-refractivity contribution in [3.05, 3.63) is 50.1 Å². The van der Waals surface area contributed by atoms with Gasteiger partial charge in [-0.15, -0.1) is 0 Å². The molecule has 1 aromatic heterocycles. The van der Waals surface area contributed by atoms with Crippen molar-refractivity contribution in [2.24, 2.45) is 0 Å². The predicted molar refractivity (Wildman–Crippen MR) is 67.9 cm³/mol. The molecule has 0 N–H and O–H groups in total. The Labute approximate surface area is 119 Å². The maximum atomic E-state index is 13.4. The standard InChI is InChI=1S/C10H4BrClFN3O3/c11-8-6(16(17)18)2-1-3-7(8)19-9-5(13)4-14-10(12)15-9/h1-4H. The van der Waals surface area contributed by atoms with E-state index in [0.29, 0.717) is 0 Å². The monoisotopic (exact) mass is 347 g/mol. The molecular weight excluding hydrogens is 344 g/mol. The summed E-state index contributed by atoms with van der Waals surface area (Å²) in [6, 6.07) is 4.10. The van der Waals surface area contributed by atoms with Crippen molar-refractivity contribution in [3.8, 4) is 11.6 Å². The predicted octanol–water partition coefficient (Wildman–Crippen LogP) is 3.73. The highest BCUT2D eigenvalue weighted by Gasteiger charge is 2.18. The van der Waals surface area contributed by atoms with Crippen molar-refractivity contribution in [2.45, 2.75) is 0 Å². The summed E-state index contributed by atoms with van der Waals surface area (Å²) >= 11 is 8.53. The molecule has 2 rings (SSSR count). The third-order valence-corrected chi connectivity index (χ3v) is 3.01. The summed E-state index contributed by atoms with van der Waals surface area (Å²) in [6.45, 7) is 0. The number of ether oxygens (including phenoxy) is 1. The van der Waals surface area contributed by atoms with E-state index < -0.39 is 16.6 Å². The zero-order valence-corrected chi connectivity index (χ0v) is 11.4. The van der Waals surface area contributed by atoms with Crippen LogP contribution in [0.25, 0.3) is 0 Å². The van der Waals surface area contributed by atoms with Crippen LogP contribution < -0.4 is 4.74 Å². The third kappa shape index (κ3) is 2.96. The number of nitro benzene ring substituents is 1. The van der Waals surface area contributed by atoms with E-state index >= 15 is 0 Å². The molecule has 0 saturated carbocycles. The second kappa shape index (κ2) is 5.45. The van der Waals surface area contributed by atoms with Gasteiger partial charge >= 0.3 is 0 Å². The summed E-state index contributed by atoms with van der Waals surface area (Å²) in [6.07, 6.45) is 0.843. The van der Waals surface area contributed by atoms with Crippen LogP contribution in [0.4, 0.5) is 10.1 Å². The molecule has 0 aliphatic rings. The van der Waals surface area contributed by atoms with Gasteiger partial charge in [-0.05, 0) is 33.6 Å². The van der Waals surface area contributed by atoms with Gasteiger partial charge in [0, 0.05) is 6.07 Å². The zero-order chi connectivity index (χ0) is 14.0. The normalized spacial score (nSPS) is 10.3. The molecule has 1 aromatic carbocycles. The number of hydrogen-bond acceptors (Lipinski definition) is 5. The molecule has 0 amide bonds. The Bertz CT molecular complexity index is 656. The number of rotatable bonds is 3. The van der Waals surface area contributed by atoms with Crippen molar-refractivity contribution >= 4 is 33.2 Å². The van der Waals surface area contributed by atoms with Gasteiger partial charge in [0.2, 0.25) is 11.1 Å². The van der Waals surface area contributed by atoms with Crippen LogP contribution in [-0.4, -0.2) is 14.9 Å². The van der Waals surface area contributed by atoms with E-state index in [1.165, 1.54) is 18.2 Å². The molecule has 0 radical (unpaired) electrons. The van der Waals surface area contributed by atoms with Gasteiger partial charge in [0.15, 0.2) is 5.75 Å². The highest BCUT2D eigenvalue weighted by Crippen LogP contribution is 2.36. The smallest absolute Gasteiger partial charge is 0.287 e. The minimum Gasteiger partial charge on any atom is -0.435 e. The number of halogens is 3. The lowest BCUT2D eigenvalue weighted by Gasteiger charge is -2.07. The Morgan fingerprint density at radius 3 is 2.89 bits per heavy atom. The second-order valence-electron chi connectivity index (χ2n) is 3.24. The number of benzene rings is 1. The van der Waals surface area contributed by atoms with Crippen LogP contribution in [-0.2, 0) is 0 Å². The maximum absolute atomic E-state index is 13.4. The van der Waals surface area contributed by atoms with E-state index in [4.69, 9.17) is 16.3 Å². The summed E-state index contributed by atoms with van der Waals surface area (Å²) in [7, 11) is 0. The van der Waals surface area contributed by atoms with E-state index in [2.05, 4.69) is 25.9 Å². The quantitative estimate of drug-likeness (QED) is 0.480. The van der Waals surface area contributed by atoms with Gasteiger partial charge in [0.25, 0.3) is 11.6 Å². The lowest BCUT2D eigenvalue weighted by molar-refractivity contribution is -0.385. The average molecular weight is 349 g/mol. The maximum Gasteiger partial charge on any atom is 0.287 e. The van der Waals surface area contributed by atoms with E-state index in [9.17, 15) is 14.5 Å². The molecule has 6 nitrogen and oxygen atoms in total. The van der Waals surface area contributed by atoms with Crippen molar-refractivity contribution in [1.82, 2.24) is 9.97 Å². The van der Waals surface area contributed by atoms with Crippen LogP contribution in [0.5, 0.6) is 11.6 Å². The van der Waals surface area contributed by atoms with Gasteiger partial charge in [0.05, 0.1) is 11.1 Å². The SMILES string of the molecule is O=[N+]([O-])c1cccc(Oc2nc(Cl)ncc2F)c1Br. The summed E-state index contributed by atoms with van der Waals surface area (Å²) in [5.74, 6) is -1.20. The molecule has 0 fully saturated rings. The van der Waals surface area contributed by atoms with Crippen molar-refractivity contribution in [3.63, 3.8) is 0 Å². The van der Waals surface area contributed by atoms with E-state index in [1.54, 1.807) is 0 Å². The van der Waals surface area contributed by atoms with Crippen molar-refractivity contribution in [2.75, 3.05) is 0 Å². The van der Waals surface area contributed by atoms with Gasteiger partial charge in [-0.3, -0.25) is 10.1 Å². The molecule has 98 valence electrons. The fraction of sp³-hybridized carbons (Fsp3) is 0. The number of nitro groups is 1. The first-order valence-electron chi connectivity index (χ1n) is 4.78. The van der Waals surface area contributed by atoms with Crippen molar-refractivity contribution in [1.29, 1.82) is 0 Å². The Hall–Kier alpha value is -1.80. The minimum atomic E-state index is -0.831. The topological polar surface area (TPSA) is 78.2 Å². The first-order valence-corrected chi connectivity index (χ1v) is 5.95. The number of nitrogens with zero attached hydrogens (tertiary/aromatic N) is 3. The Morgan fingerprint density at radius 2 is 2.21 bits per heavy atom. The molecule has 0 spiro atoms. The van der Waals surface area contributed by atoms with Crippen molar-refractivity contribution < 1.29 is 14.1 Å². The molecule has 2 aromatic rings. The first kappa shape index (κ1) is 13.6. The van der Waals surface area contributed by atoms with E-state index in [0.717, 1.165) is 6.20 Å². The molecule has 1 heterocycles. The summed E-state index contributed by atoms with van der Waals surface area (Å²) < 4.78 is 18.6. The highest BCUT2D eigenvalue weighted by atomic mass is 79.9. The molecule has 0 aliphatic carbocycles. The third-order valence-electron chi connectivity index (χ3n) is 2.03. The average Bonchev–Trinajstić information content (AvgIpc) is 2.36. The Balaban J connectivity index is 2.41. The molecule has 19 heavy (non-hydrogen) atoms. The fourth-order valence-corrected chi connectivity index (χ4v) is 1.84. The highest BCUT2D eigenvalue weighted by molar-refractivity contribution is 9.10. The molecule has 9 heteroatoms. The van der Waals surface area contributed by atoms with Gasteiger partial charge in [-0.25, -0.2) is 4.98 Å². The Morgan fingerprint density at radius 1 is 1.47 bits per heavy atom. The fourth-order valence-electron chi connectivity index (χ4n) is 1.23.